The van der Waals surface area contributed by atoms with Crippen LogP contribution in [0.15, 0.2) is 28.2 Å². The number of aliphatic imine (C=N–C) groups is 1. The van der Waals surface area contributed by atoms with Gasteiger partial charge in [-0.25, -0.2) is 5.48 Å². The van der Waals surface area contributed by atoms with Crippen molar-refractivity contribution >= 4 is 11.7 Å². The van der Waals surface area contributed by atoms with Gasteiger partial charge in [0.25, 0.3) is 5.88 Å². The Balaban J connectivity index is 1.69. The normalized spacial score (nSPS) is 28.5. The second-order valence-corrected chi connectivity index (χ2v) is 7.97. The average Bonchev–Trinajstić information content (AvgIpc) is 3.12. The summed E-state index contributed by atoms with van der Waals surface area (Å²) in [7, 11) is 1.76. The Morgan fingerprint density at radius 1 is 1.36 bits per heavy atom. The Kier molecular flexibility index (Phi) is 6.96. The van der Waals surface area contributed by atoms with Crippen LogP contribution in [0.3, 0.4) is 0 Å². The first-order valence-electron chi connectivity index (χ1n) is 10.3. The van der Waals surface area contributed by atoms with E-state index >= 15 is 0 Å². The van der Waals surface area contributed by atoms with Gasteiger partial charge in [0.1, 0.15) is 11.7 Å². The minimum Gasteiger partial charge on any atom is -0.402 e. The summed E-state index contributed by atoms with van der Waals surface area (Å²) in [5, 5.41) is 12.6. The van der Waals surface area contributed by atoms with Crippen LogP contribution in [-0.4, -0.2) is 55.0 Å². The first-order chi connectivity index (χ1) is 13.5. The molecule has 0 amide bonds. The van der Waals surface area contributed by atoms with E-state index in [0.717, 1.165) is 13.0 Å². The molecule has 2 aliphatic heterocycles. The summed E-state index contributed by atoms with van der Waals surface area (Å²) in [4.78, 5) is 11.8. The third kappa shape index (κ3) is 5.05. The number of rotatable bonds is 5. The number of allylic oxidation sites excluding steroid dienone is 1. The van der Waals surface area contributed by atoms with Crippen molar-refractivity contribution in [1.29, 1.82) is 5.41 Å². The second kappa shape index (κ2) is 9.43. The zero-order chi connectivity index (χ0) is 20.1. The highest BCUT2D eigenvalue weighted by atomic mass is 16.7. The third-order valence-corrected chi connectivity index (χ3v) is 5.66. The number of amidine groups is 2. The van der Waals surface area contributed by atoms with Gasteiger partial charge in [-0.05, 0) is 39.2 Å². The molecule has 2 heterocycles. The zero-order valence-corrected chi connectivity index (χ0v) is 17.3. The first kappa shape index (κ1) is 20.7. The van der Waals surface area contributed by atoms with Gasteiger partial charge in [0.15, 0.2) is 0 Å². The number of likely N-dealkylation sites (tertiary alicyclic amines) is 1. The zero-order valence-electron chi connectivity index (χ0n) is 17.3. The van der Waals surface area contributed by atoms with Crippen molar-refractivity contribution in [2.45, 2.75) is 70.6 Å². The largest absolute Gasteiger partial charge is 0.402 e. The van der Waals surface area contributed by atoms with Crippen molar-refractivity contribution in [3.63, 3.8) is 0 Å². The Bertz CT molecular complexity index is 662. The molecule has 2 fully saturated rings. The van der Waals surface area contributed by atoms with Crippen LogP contribution in [0.1, 0.15) is 52.4 Å². The van der Waals surface area contributed by atoms with Crippen molar-refractivity contribution in [2.75, 3.05) is 20.2 Å². The predicted octanol–water partition coefficient (Wildman–Crippen LogP) is 2.00. The number of piperidine rings is 1. The summed E-state index contributed by atoms with van der Waals surface area (Å²) >= 11 is 0. The minimum atomic E-state index is 0.0399. The Morgan fingerprint density at radius 3 is 2.71 bits per heavy atom. The molecule has 8 nitrogen and oxygen atoms in total. The first-order valence-corrected chi connectivity index (χ1v) is 10.3. The van der Waals surface area contributed by atoms with Crippen LogP contribution in [0, 0.1) is 5.41 Å². The van der Waals surface area contributed by atoms with E-state index < -0.39 is 0 Å². The highest BCUT2D eigenvalue weighted by molar-refractivity contribution is 5.99. The fourth-order valence-electron chi connectivity index (χ4n) is 4.19. The number of hydroxylamine groups is 1. The molecule has 0 bridgehead atoms. The van der Waals surface area contributed by atoms with Crippen molar-refractivity contribution in [3.05, 3.63) is 23.2 Å². The van der Waals surface area contributed by atoms with Crippen LogP contribution >= 0.6 is 0 Å². The lowest BCUT2D eigenvalue weighted by molar-refractivity contribution is 0.0203. The molecule has 2 atom stereocenters. The Hall–Kier alpha value is -2.06. The van der Waals surface area contributed by atoms with E-state index in [1.807, 2.05) is 11.8 Å². The van der Waals surface area contributed by atoms with Crippen molar-refractivity contribution < 1.29 is 9.57 Å². The highest BCUT2D eigenvalue weighted by Gasteiger charge is 2.33. The van der Waals surface area contributed by atoms with Gasteiger partial charge in [0.2, 0.25) is 0 Å². The van der Waals surface area contributed by atoms with Crippen LogP contribution in [0.25, 0.3) is 0 Å². The summed E-state index contributed by atoms with van der Waals surface area (Å²) in [6.45, 7) is 5.05. The molecule has 156 valence electrons. The van der Waals surface area contributed by atoms with E-state index in [2.05, 4.69) is 15.8 Å². The molecule has 3 aliphatic rings. The Morgan fingerprint density at radius 2 is 2.11 bits per heavy atom. The third-order valence-electron chi connectivity index (χ3n) is 5.66. The quantitative estimate of drug-likeness (QED) is 0.422. The van der Waals surface area contributed by atoms with E-state index in [4.69, 9.17) is 20.7 Å². The molecule has 28 heavy (non-hydrogen) atoms. The van der Waals surface area contributed by atoms with Crippen LogP contribution < -0.4 is 16.5 Å². The number of hydrogen-bond donors (Lipinski definition) is 4. The van der Waals surface area contributed by atoms with Gasteiger partial charge in [-0.1, -0.05) is 19.3 Å². The van der Waals surface area contributed by atoms with E-state index in [1.54, 1.807) is 20.1 Å². The van der Waals surface area contributed by atoms with Gasteiger partial charge in [-0.15, -0.1) is 0 Å². The molecule has 0 aromatic heterocycles. The standard InChI is InChI=1S/C20H34N6O2/c1-13(21)11-16(20-23-14(2)25-28-20)19(22)26-10-9-17(18(12-26)27-3)24-15-7-5-4-6-8-15/h11,15,17-18,22,24H,4-10,12,21H2,1-3H3,(H,23,25)/b13-11-,20-16?,22-19?/t17-,18+/m1/s1. The topological polar surface area (TPSA) is 108 Å². The van der Waals surface area contributed by atoms with E-state index in [-0.39, 0.29) is 6.10 Å². The molecule has 3 rings (SSSR count). The van der Waals surface area contributed by atoms with Crippen LogP contribution in [0.4, 0.5) is 0 Å². The number of nitrogens with one attached hydrogen (secondary N) is 3. The monoisotopic (exact) mass is 390 g/mol. The molecule has 5 N–H and O–H groups in total. The summed E-state index contributed by atoms with van der Waals surface area (Å²) in [5.74, 6) is 1.40. The maximum Gasteiger partial charge on any atom is 0.258 e. The van der Waals surface area contributed by atoms with Crippen molar-refractivity contribution in [2.24, 2.45) is 10.7 Å². The van der Waals surface area contributed by atoms with E-state index in [9.17, 15) is 0 Å². The molecule has 8 heteroatoms. The average molecular weight is 391 g/mol. The van der Waals surface area contributed by atoms with Gasteiger partial charge in [0.05, 0.1) is 11.7 Å². The molecular formula is C20H34N6O2. The van der Waals surface area contributed by atoms with Crippen molar-refractivity contribution in [1.82, 2.24) is 15.7 Å². The van der Waals surface area contributed by atoms with Crippen LogP contribution in [0.2, 0.25) is 0 Å². The van der Waals surface area contributed by atoms with Gasteiger partial charge in [0, 0.05) is 38.0 Å². The maximum atomic E-state index is 8.76. The summed E-state index contributed by atoms with van der Waals surface area (Å²) in [5.41, 5.74) is 9.81. The van der Waals surface area contributed by atoms with Gasteiger partial charge < -0.3 is 25.5 Å². The molecule has 0 radical (unpaired) electrons. The van der Waals surface area contributed by atoms with Gasteiger partial charge in [-0.3, -0.25) is 5.41 Å². The molecular weight excluding hydrogens is 356 g/mol. The summed E-state index contributed by atoms with van der Waals surface area (Å²) < 4.78 is 5.80. The van der Waals surface area contributed by atoms with Gasteiger partial charge in [-0.2, -0.15) is 4.99 Å². The lowest BCUT2D eigenvalue weighted by atomic mass is 9.92. The molecule has 0 spiro atoms. The lowest BCUT2D eigenvalue weighted by Crippen LogP contribution is -2.57. The van der Waals surface area contributed by atoms with E-state index in [0.29, 0.717) is 47.5 Å². The fraction of sp³-hybridized carbons (Fsp3) is 0.700. The summed E-state index contributed by atoms with van der Waals surface area (Å²) in [6, 6.07) is 0.919. The molecule has 0 aromatic rings. The number of hydrogen-bond acceptors (Lipinski definition) is 7. The summed E-state index contributed by atoms with van der Waals surface area (Å²) in [6.07, 6.45) is 9.21. The molecule has 0 unspecified atom stereocenters. The number of nitrogens with zero attached hydrogens (tertiary/aromatic N) is 2. The van der Waals surface area contributed by atoms with Crippen LogP contribution in [-0.2, 0) is 9.57 Å². The minimum absolute atomic E-state index is 0.0399. The molecule has 1 saturated heterocycles. The maximum absolute atomic E-state index is 8.76. The number of ether oxygens (including phenoxy) is 1. The molecule has 1 aliphatic carbocycles. The second-order valence-electron chi connectivity index (χ2n) is 7.97. The fourth-order valence-corrected chi connectivity index (χ4v) is 4.19. The number of methoxy groups -OCH3 is 1. The predicted molar refractivity (Wildman–Crippen MR) is 111 cm³/mol. The highest BCUT2D eigenvalue weighted by Crippen LogP contribution is 2.24. The van der Waals surface area contributed by atoms with E-state index in [1.165, 1.54) is 32.1 Å². The SMILES string of the molecule is CO[C@H]1CN(C(=N)C(/C=C(/C)N)=C2N=C(C)NO2)CC[C@H]1NC1CCCCC1. The van der Waals surface area contributed by atoms with Crippen LogP contribution in [0.5, 0.6) is 0 Å². The molecule has 1 saturated carbocycles. The number of nitrogens with two attached hydrogens (primary N) is 1. The smallest absolute Gasteiger partial charge is 0.258 e. The lowest BCUT2D eigenvalue weighted by Gasteiger charge is -2.41. The molecule has 0 aromatic carbocycles. The van der Waals surface area contributed by atoms with Gasteiger partial charge >= 0.3 is 0 Å². The Labute approximate surface area is 167 Å². The van der Waals surface area contributed by atoms with Crippen molar-refractivity contribution in [3.8, 4) is 0 Å².